The maximum Gasteiger partial charge on any atom is 0.231 e. The summed E-state index contributed by atoms with van der Waals surface area (Å²) in [4.78, 5) is 27.5. The fourth-order valence-electron chi connectivity index (χ4n) is 4.10. The van der Waals surface area contributed by atoms with E-state index in [4.69, 9.17) is 9.47 Å². The number of benzene rings is 3. The topological polar surface area (TPSA) is 67.9 Å². The number of anilines is 1. The lowest BCUT2D eigenvalue weighted by Gasteiger charge is -2.22. The second kappa shape index (κ2) is 8.14. The van der Waals surface area contributed by atoms with Crippen molar-refractivity contribution in [1.29, 1.82) is 0 Å². The summed E-state index contributed by atoms with van der Waals surface area (Å²) < 4.78 is 10.8. The summed E-state index contributed by atoms with van der Waals surface area (Å²) in [5.41, 5.74) is 2.71. The van der Waals surface area contributed by atoms with Gasteiger partial charge in [0.15, 0.2) is 11.5 Å². The zero-order chi connectivity index (χ0) is 21.2. The van der Waals surface area contributed by atoms with Crippen molar-refractivity contribution in [3.05, 3.63) is 90.0 Å². The molecule has 0 aliphatic carbocycles. The monoisotopic (exact) mass is 414 g/mol. The van der Waals surface area contributed by atoms with Crippen LogP contribution in [0.25, 0.3) is 0 Å². The lowest BCUT2D eigenvalue weighted by molar-refractivity contribution is -0.126. The van der Waals surface area contributed by atoms with Gasteiger partial charge in [-0.05, 0) is 23.3 Å². The van der Waals surface area contributed by atoms with Crippen LogP contribution < -0.4 is 19.7 Å². The molecule has 2 aliphatic rings. The van der Waals surface area contributed by atoms with Crippen molar-refractivity contribution in [2.45, 2.75) is 12.5 Å². The van der Waals surface area contributed by atoms with E-state index in [0.29, 0.717) is 23.7 Å². The quantitative estimate of drug-likeness (QED) is 0.692. The minimum absolute atomic E-state index is 0.0741. The molecule has 1 atom stereocenters. The molecule has 1 unspecified atom stereocenters. The van der Waals surface area contributed by atoms with Gasteiger partial charge in [0, 0.05) is 24.7 Å². The highest BCUT2D eigenvalue weighted by Crippen LogP contribution is 2.37. The molecule has 5 rings (SSSR count). The number of carbonyl (C=O) groups excluding carboxylic acids is 2. The number of ether oxygens (including phenoxy) is 2. The van der Waals surface area contributed by atoms with Crippen molar-refractivity contribution >= 4 is 17.5 Å². The van der Waals surface area contributed by atoms with E-state index in [1.807, 2.05) is 66.7 Å². The molecule has 2 heterocycles. The van der Waals surface area contributed by atoms with Crippen molar-refractivity contribution in [2.24, 2.45) is 5.92 Å². The van der Waals surface area contributed by atoms with Gasteiger partial charge in [0.1, 0.15) is 0 Å². The van der Waals surface area contributed by atoms with Crippen molar-refractivity contribution in [1.82, 2.24) is 5.32 Å². The summed E-state index contributed by atoms with van der Waals surface area (Å²) in [5, 5.41) is 3.16. The van der Waals surface area contributed by atoms with Crippen LogP contribution in [0.1, 0.15) is 23.6 Å². The highest BCUT2D eigenvalue weighted by atomic mass is 16.7. The SMILES string of the molecule is O=C(NC(c1ccccc1)c1ccccc1)C1CC(=O)N(c2ccc3c(c2)OCO3)C1. The Hall–Kier alpha value is -3.80. The van der Waals surface area contributed by atoms with Gasteiger partial charge in [-0.25, -0.2) is 0 Å². The average Bonchev–Trinajstić information content (AvgIpc) is 3.44. The number of fused-ring (bicyclic) bond motifs is 1. The Kier molecular flexibility index (Phi) is 5.04. The van der Waals surface area contributed by atoms with E-state index in [-0.39, 0.29) is 31.1 Å². The van der Waals surface area contributed by atoms with E-state index >= 15 is 0 Å². The predicted octanol–water partition coefficient (Wildman–Crippen LogP) is 3.67. The van der Waals surface area contributed by atoms with E-state index in [1.165, 1.54) is 0 Å². The Bertz CT molecular complexity index is 1060. The van der Waals surface area contributed by atoms with E-state index in [0.717, 1.165) is 11.1 Å². The molecule has 0 aromatic heterocycles. The van der Waals surface area contributed by atoms with E-state index < -0.39 is 5.92 Å². The number of nitrogens with zero attached hydrogens (tertiary/aromatic N) is 1. The van der Waals surface area contributed by atoms with Crippen LogP contribution in [0.4, 0.5) is 5.69 Å². The first-order valence-corrected chi connectivity index (χ1v) is 10.3. The van der Waals surface area contributed by atoms with Gasteiger partial charge in [0.25, 0.3) is 0 Å². The van der Waals surface area contributed by atoms with Gasteiger partial charge in [-0.3, -0.25) is 9.59 Å². The molecule has 2 amide bonds. The van der Waals surface area contributed by atoms with Crippen LogP contribution in [0.5, 0.6) is 11.5 Å². The van der Waals surface area contributed by atoms with Gasteiger partial charge in [0.2, 0.25) is 18.6 Å². The Morgan fingerprint density at radius 2 is 1.55 bits per heavy atom. The maximum absolute atomic E-state index is 13.2. The van der Waals surface area contributed by atoms with E-state index in [9.17, 15) is 9.59 Å². The summed E-state index contributed by atoms with van der Waals surface area (Å²) in [6.45, 7) is 0.513. The van der Waals surface area contributed by atoms with Gasteiger partial charge in [-0.1, -0.05) is 60.7 Å². The largest absolute Gasteiger partial charge is 0.454 e. The van der Waals surface area contributed by atoms with Crippen LogP contribution in [-0.2, 0) is 9.59 Å². The van der Waals surface area contributed by atoms with Crippen LogP contribution in [0.3, 0.4) is 0 Å². The molecular weight excluding hydrogens is 392 g/mol. The number of carbonyl (C=O) groups is 2. The number of amides is 2. The zero-order valence-electron chi connectivity index (χ0n) is 16.9. The average molecular weight is 414 g/mol. The molecule has 1 N–H and O–H groups in total. The van der Waals surface area contributed by atoms with Gasteiger partial charge >= 0.3 is 0 Å². The molecule has 3 aromatic carbocycles. The molecular formula is C25H22N2O4. The Balaban J connectivity index is 1.34. The molecule has 0 saturated carbocycles. The number of nitrogens with one attached hydrogen (secondary N) is 1. The van der Waals surface area contributed by atoms with E-state index in [1.54, 1.807) is 17.0 Å². The van der Waals surface area contributed by atoms with Crippen molar-refractivity contribution in [3.63, 3.8) is 0 Å². The van der Waals surface area contributed by atoms with Gasteiger partial charge in [0.05, 0.1) is 12.0 Å². The summed E-state index contributed by atoms with van der Waals surface area (Å²) in [7, 11) is 0. The third-order valence-electron chi connectivity index (χ3n) is 5.72. The van der Waals surface area contributed by atoms with Crippen LogP contribution >= 0.6 is 0 Å². The summed E-state index contributed by atoms with van der Waals surface area (Å²) in [5.74, 6) is 0.654. The summed E-state index contributed by atoms with van der Waals surface area (Å²) in [6.07, 6.45) is 0.177. The number of hydrogen-bond donors (Lipinski definition) is 1. The fraction of sp³-hybridized carbons (Fsp3) is 0.200. The third-order valence-corrected chi connectivity index (χ3v) is 5.72. The fourth-order valence-corrected chi connectivity index (χ4v) is 4.10. The maximum atomic E-state index is 13.2. The smallest absolute Gasteiger partial charge is 0.231 e. The van der Waals surface area contributed by atoms with Crippen LogP contribution in [0.15, 0.2) is 78.9 Å². The zero-order valence-corrected chi connectivity index (χ0v) is 16.9. The standard InChI is InChI=1S/C25H22N2O4/c28-23-13-19(15-27(23)20-11-12-21-22(14-20)31-16-30-21)25(29)26-24(17-7-3-1-4-8-17)18-9-5-2-6-10-18/h1-12,14,19,24H,13,15-16H2,(H,26,29). The normalized spacial score (nSPS) is 17.3. The molecule has 1 saturated heterocycles. The van der Waals surface area contributed by atoms with Crippen molar-refractivity contribution in [2.75, 3.05) is 18.2 Å². The van der Waals surface area contributed by atoms with Crippen LogP contribution in [0.2, 0.25) is 0 Å². The predicted molar refractivity (Wildman–Crippen MR) is 116 cm³/mol. The number of rotatable bonds is 5. The second-order valence-electron chi connectivity index (χ2n) is 7.71. The van der Waals surface area contributed by atoms with Crippen molar-refractivity contribution in [3.8, 4) is 11.5 Å². The Morgan fingerprint density at radius 1 is 0.903 bits per heavy atom. The Morgan fingerprint density at radius 3 is 2.23 bits per heavy atom. The molecule has 0 spiro atoms. The third kappa shape index (κ3) is 3.84. The molecule has 0 bridgehead atoms. The Labute approximate surface area is 180 Å². The summed E-state index contributed by atoms with van der Waals surface area (Å²) in [6, 6.07) is 24.8. The second-order valence-corrected chi connectivity index (χ2v) is 7.71. The minimum Gasteiger partial charge on any atom is -0.454 e. The van der Waals surface area contributed by atoms with Gasteiger partial charge in [-0.15, -0.1) is 0 Å². The number of hydrogen-bond acceptors (Lipinski definition) is 4. The molecule has 2 aliphatic heterocycles. The first kappa shape index (κ1) is 19.2. The molecule has 31 heavy (non-hydrogen) atoms. The highest BCUT2D eigenvalue weighted by Gasteiger charge is 2.36. The lowest BCUT2D eigenvalue weighted by Crippen LogP contribution is -2.36. The first-order chi connectivity index (χ1) is 15.2. The minimum atomic E-state index is -0.423. The molecule has 6 heteroatoms. The molecule has 156 valence electrons. The molecule has 6 nitrogen and oxygen atoms in total. The first-order valence-electron chi connectivity index (χ1n) is 10.3. The van der Waals surface area contributed by atoms with Gasteiger partial charge in [-0.2, -0.15) is 0 Å². The highest BCUT2D eigenvalue weighted by molar-refractivity contribution is 6.00. The molecule has 1 fully saturated rings. The summed E-state index contributed by atoms with van der Waals surface area (Å²) >= 11 is 0. The molecule has 3 aromatic rings. The molecule has 0 radical (unpaired) electrons. The van der Waals surface area contributed by atoms with Crippen LogP contribution in [0, 0.1) is 5.92 Å². The van der Waals surface area contributed by atoms with Gasteiger partial charge < -0.3 is 19.7 Å². The van der Waals surface area contributed by atoms with E-state index in [2.05, 4.69) is 5.32 Å². The van der Waals surface area contributed by atoms with Crippen molar-refractivity contribution < 1.29 is 19.1 Å². The lowest BCUT2D eigenvalue weighted by atomic mass is 9.97. The van der Waals surface area contributed by atoms with Crippen LogP contribution in [-0.4, -0.2) is 25.2 Å².